The van der Waals surface area contributed by atoms with E-state index in [1.165, 1.54) is 18.2 Å². The number of aromatic nitrogens is 2. The molecule has 0 amide bonds. The molecule has 0 bridgehead atoms. The summed E-state index contributed by atoms with van der Waals surface area (Å²) < 4.78 is 151. The fraction of sp³-hybridized carbons (Fsp3) is 0.0238. The van der Waals surface area contributed by atoms with E-state index in [4.69, 9.17) is 0 Å². The minimum absolute atomic E-state index is 0.146. The number of esters is 2. The van der Waals surface area contributed by atoms with Crippen molar-refractivity contribution in [2.24, 2.45) is 4.99 Å². The van der Waals surface area contributed by atoms with Crippen molar-refractivity contribution in [3.63, 3.8) is 0 Å². The van der Waals surface area contributed by atoms with Gasteiger partial charge in [-0.2, -0.15) is 17.6 Å². The Morgan fingerprint density at radius 1 is 0.492 bits per heavy atom. The molecule has 2 aromatic heterocycles. The normalized spacial score (nSPS) is 13.1. The topological polar surface area (TPSA) is 96.5 Å². The average molecular weight is 818 g/mol. The number of ether oxygens (including phenoxy) is 2. The molecule has 2 N–H and O–H groups in total. The Balaban J connectivity index is 1.14. The SMILES string of the molecule is O=C(Oc1c(F)c(F)c(F)c(F)c1F)C1(C(=O)Oc2c(F)c(F)c(F)c(F)c2F)C=c2cc(-c3ccc4[nH]c5ccc(-c6ccc7[nH]ccc7c6)cc5c4c3)ccc2=N1. The highest BCUT2D eigenvalue weighted by molar-refractivity contribution is 6.14. The van der Waals surface area contributed by atoms with Gasteiger partial charge in [-0.05, 0) is 93.5 Å². The highest BCUT2D eigenvalue weighted by Crippen LogP contribution is 2.36. The van der Waals surface area contributed by atoms with Gasteiger partial charge in [0.2, 0.25) is 69.7 Å². The van der Waals surface area contributed by atoms with Crippen LogP contribution in [0.15, 0.2) is 90.1 Å². The van der Waals surface area contributed by atoms with E-state index in [1.807, 2.05) is 54.7 Å². The zero-order valence-electron chi connectivity index (χ0n) is 29.0. The van der Waals surface area contributed by atoms with Crippen LogP contribution in [0, 0.1) is 58.2 Å². The monoisotopic (exact) mass is 817 g/mol. The van der Waals surface area contributed by atoms with Crippen molar-refractivity contribution < 1.29 is 63.0 Å². The highest BCUT2D eigenvalue weighted by Gasteiger charge is 2.51. The molecule has 0 saturated heterocycles. The molecule has 6 aromatic carbocycles. The standard InChI is InChI=1S/C42H17F10N3O4/c43-28-30(45)34(49)38(35(50)31(28)46)58-40(56)42(41(57)59-39-36(51)32(47)29(44)33(48)37(39)52)15-21-12-17(2-6-25(21)55-42)19-4-8-27-23(14-19)22-13-18(3-7-26(22)54-27)16-1-5-24-20(11-16)9-10-53-24/h1-15,53-54H. The number of halogens is 10. The number of carbonyl (C=O) groups excluding carboxylic acids is 2. The van der Waals surface area contributed by atoms with Gasteiger partial charge in [-0.3, -0.25) is 4.99 Å². The molecule has 0 aliphatic carbocycles. The number of nitrogens with one attached hydrogen (secondary N) is 2. The van der Waals surface area contributed by atoms with Crippen LogP contribution < -0.4 is 20.0 Å². The number of fused-ring (bicyclic) bond motifs is 5. The molecule has 8 aromatic rings. The number of H-pyrrole nitrogens is 2. The lowest BCUT2D eigenvalue weighted by atomic mass is 9.98. The van der Waals surface area contributed by atoms with Gasteiger partial charge >= 0.3 is 11.9 Å². The summed E-state index contributed by atoms with van der Waals surface area (Å²) in [5, 5.41) is 2.22. The zero-order valence-corrected chi connectivity index (χ0v) is 29.0. The molecule has 0 unspecified atom stereocenters. The summed E-state index contributed by atoms with van der Waals surface area (Å²) >= 11 is 0. The van der Waals surface area contributed by atoms with Crippen LogP contribution in [0.2, 0.25) is 0 Å². The van der Waals surface area contributed by atoms with Crippen LogP contribution in [-0.4, -0.2) is 27.4 Å². The van der Waals surface area contributed by atoms with E-state index in [2.05, 4.69) is 24.4 Å². The molecule has 0 spiro atoms. The van der Waals surface area contributed by atoms with Gasteiger partial charge in [0.05, 0.1) is 5.36 Å². The molecule has 0 atom stereocenters. The van der Waals surface area contributed by atoms with Crippen molar-refractivity contribution in [3.05, 3.63) is 154 Å². The van der Waals surface area contributed by atoms with Crippen LogP contribution >= 0.6 is 0 Å². The number of carbonyl (C=O) groups is 2. The van der Waals surface area contributed by atoms with Gasteiger partial charge in [0, 0.05) is 33.5 Å². The Hall–Kier alpha value is -7.43. The predicted octanol–water partition coefficient (Wildman–Crippen LogP) is 8.89. The Morgan fingerprint density at radius 2 is 0.915 bits per heavy atom. The summed E-state index contributed by atoms with van der Waals surface area (Å²) in [6.07, 6.45) is 2.44. The van der Waals surface area contributed by atoms with Crippen LogP contribution in [0.4, 0.5) is 43.9 Å². The maximum atomic E-state index is 14.6. The second kappa shape index (κ2) is 13.3. The first kappa shape index (κ1) is 37.2. The van der Waals surface area contributed by atoms with Crippen LogP contribution in [0.3, 0.4) is 0 Å². The lowest BCUT2D eigenvalue weighted by Crippen LogP contribution is -2.48. The van der Waals surface area contributed by atoms with Gasteiger partial charge < -0.3 is 19.4 Å². The summed E-state index contributed by atoms with van der Waals surface area (Å²) in [7, 11) is 0. The number of hydrogen-bond acceptors (Lipinski definition) is 5. The number of aromatic amines is 2. The predicted molar refractivity (Wildman–Crippen MR) is 190 cm³/mol. The summed E-state index contributed by atoms with van der Waals surface area (Å²) in [5.41, 5.74) is 1.96. The number of benzene rings is 6. The van der Waals surface area contributed by atoms with E-state index in [0.717, 1.165) is 43.8 Å². The molecule has 0 radical (unpaired) electrons. The molecule has 0 saturated carbocycles. The van der Waals surface area contributed by atoms with Gasteiger partial charge in [0.25, 0.3) is 5.54 Å². The maximum absolute atomic E-state index is 14.6. The largest absolute Gasteiger partial charge is 0.417 e. The van der Waals surface area contributed by atoms with Crippen molar-refractivity contribution in [2.45, 2.75) is 5.54 Å². The molecule has 0 fully saturated rings. The molecule has 1 aliphatic heterocycles. The summed E-state index contributed by atoms with van der Waals surface area (Å²) in [6.45, 7) is 0. The van der Waals surface area contributed by atoms with Gasteiger partial charge in [-0.15, -0.1) is 0 Å². The van der Waals surface area contributed by atoms with E-state index in [9.17, 15) is 53.5 Å². The van der Waals surface area contributed by atoms with E-state index in [0.29, 0.717) is 17.2 Å². The van der Waals surface area contributed by atoms with Crippen LogP contribution in [-0.2, 0) is 9.59 Å². The third-order valence-electron chi connectivity index (χ3n) is 9.86. The van der Waals surface area contributed by atoms with E-state index < -0.39 is 87.1 Å². The van der Waals surface area contributed by atoms with Gasteiger partial charge in [-0.1, -0.05) is 24.3 Å². The average Bonchev–Trinajstić information content (AvgIpc) is 3.98. The number of hydrogen-bond donors (Lipinski definition) is 2. The first-order valence-electron chi connectivity index (χ1n) is 17.0. The first-order valence-corrected chi connectivity index (χ1v) is 17.0. The minimum Gasteiger partial charge on any atom is -0.417 e. The van der Waals surface area contributed by atoms with E-state index in [-0.39, 0.29) is 10.6 Å². The fourth-order valence-corrected chi connectivity index (χ4v) is 6.87. The third kappa shape index (κ3) is 5.71. The second-order valence-electron chi connectivity index (χ2n) is 13.3. The molecular formula is C42H17F10N3O4. The van der Waals surface area contributed by atoms with Crippen molar-refractivity contribution in [1.82, 2.24) is 9.97 Å². The van der Waals surface area contributed by atoms with E-state index >= 15 is 0 Å². The Morgan fingerprint density at radius 3 is 1.42 bits per heavy atom. The van der Waals surface area contributed by atoms with Gasteiger partial charge in [0.1, 0.15) is 0 Å². The zero-order chi connectivity index (χ0) is 41.7. The second-order valence-corrected chi connectivity index (χ2v) is 13.3. The molecule has 1 aliphatic rings. The molecule has 17 heteroatoms. The van der Waals surface area contributed by atoms with Crippen LogP contribution in [0.1, 0.15) is 0 Å². The number of rotatable bonds is 6. The third-order valence-corrected chi connectivity index (χ3v) is 9.86. The molecular weight excluding hydrogens is 800 g/mol. The van der Waals surface area contributed by atoms with Crippen LogP contribution in [0.5, 0.6) is 11.5 Å². The first-order chi connectivity index (χ1) is 28.2. The molecule has 7 nitrogen and oxygen atoms in total. The van der Waals surface area contributed by atoms with Crippen molar-refractivity contribution in [1.29, 1.82) is 0 Å². The lowest BCUT2D eigenvalue weighted by molar-refractivity contribution is -0.150. The van der Waals surface area contributed by atoms with Gasteiger partial charge in [0.15, 0.2) is 0 Å². The molecule has 294 valence electrons. The molecule has 59 heavy (non-hydrogen) atoms. The molecule has 9 rings (SSSR count). The minimum atomic E-state index is -3.43. The van der Waals surface area contributed by atoms with Gasteiger partial charge in [-0.25, -0.2) is 35.9 Å². The Bertz CT molecular complexity index is 3170. The van der Waals surface area contributed by atoms with Crippen molar-refractivity contribution >= 4 is 50.7 Å². The van der Waals surface area contributed by atoms with Crippen LogP contribution in [0.25, 0.3) is 61.0 Å². The summed E-state index contributed by atoms with van der Waals surface area (Å²) in [5.74, 6) is -35.0. The van der Waals surface area contributed by atoms with Crippen molar-refractivity contribution in [2.75, 3.05) is 0 Å². The summed E-state index contributed by atoms with van der Waals surface area (Å²) in [4.78, 5) is 37.7. The quantitative estimate of drug-likeness (QED) is 0.0438. The van der Waals surface area contributed by atoms with E-state index in [1.54, 1.807) is 12.1 Å². The lowest BCUT2D eigenvalue weighted by Gasteiger charge is -2.21. The maximum Gasteiger partial charge on any atom is 0.355 e. The smallest absolute Gasteiger partial charge is 0.355 e. The Kier molecular flexibility index (Phi) is 8.39. The molecule has 3 heterocycles. The Labute approximate surface area is 321 Å². The summed E-state index contributed by atoms with van der Waals surface area (Å²) in [6, 6.07) is 23.2. The number of nitrogens with zero attached hydrogens (tertiary/aromatic N) is 1. The van der Waals surface area contributed by atoms with Crippen molar-refractivity contribution in [3.8, 4) is 33.8 Å². The highest BCUT2D eigenvalue weighted by atomic mass is 19.2. The fourth-order valence-electron chi connectivity index (χ4n) is 6.87.